The number of carboxylic acid groups (broad SMARTS) is 1. The monoisotopic (exact) mass is 213 g/mol. The third kappa shape index (κ3) is 2.32. The minimum atomic E-state index is -0.692. The molecule has 4 nitrogen and oxygen atoms in total. The maximum Gasteiger partial charge on any atom is 0.307 e. The van der Waals surface area contributed by atoms with Crippen LogP contribution in [0.5, 0.6) is 0 Å². The van der Waals surface area contributed by atoms with E-state index in [0.29, 0.717) is 12.0 Å². The number of hydrogen-bond acceptors (Lipinski definition) is 3. The van der Waals surface area contributed by atoms with Gasteiger partial charge in [-0.25, -0.2) is 0 Å². The Bertz CT molecular complexity index is 240. The van der Waals surface area contributed by atoms with Gasteiger partial charge < -0.3 is 14.7 Å². The topological polar surface area (TPSA) is 49.8 Å². The van der Waals surface area contributed by atoms with Crippen molar-refractivity contribution in [3.63, 3.8) is 0 Å². The van der Waals surface area contributed by atoms with Gasteiger partial charge in [-0.3, -0.25) is 4.79 Å². The standard InChI is InChI=1S/C11H19NO3/c1-9(10(13)14)6-12-7-11(8-12)2-4-15-5-3-11/h9H,2-8H2,1H3,(H,13,14). The van der Waals surface area contributed by atoms with E-state index in [0.717, 1.165) is 39.1 Å². The van der Waals surface area contributed by atoms with Crippen molar-refractivity contribution in [3.05, 3.63) is 0 Å². The van der Waals surface area contributed by atoms with Crippen molar-refractivity contribution in [2.24, 2.45) is 11.3 Å². The largest absolute Gasteiger partial charge is 0.481 e. The van der Waals surface area contributed by atoms with E-state index in [-0.39, 0.29) is 5.92 Å². The molecule has 2 fully saturated rings. The summed E-state index contributed by atoms with van der Waals surface area (Å²) < 4.78 is 5.34. The van der Waals surface area contributed by atoms with Gasteiger partial charge in [0.2, 0.25) is 0 Å². The second-order valence-corrected chi connectivity index (χ2v) is 5.02. The van der Waals surface area contributed by atoms with E-state index in [9.17, 15) is 4.79 Å². The third-order valence-electron chi connectivity index (χ3n) is 3.63. The Balaban J connectivity index is 1.75. The fraction of sp³-hybridized carbons (Fsp3) is 0.909. The molecular weight excluding hydrogens is 194 g/mol. The van der Waals surface area contributed by atoms with Gasteiger partial charge in [-0.05, 0) is 12.8 Å². The van der Waals surface area contributed by atoms with Gasteiger partial charge in [0.25, 0.3) is 0 Å². The maximum absolute atomic E-state index is 10.7. The zero-order chi connectivity index (χ0) is 10.9. The smallest absolute Gasteiger partial charge is 0.307 e. The molecular formula is C11H19NO3. The molecule has 2 saturated heterocycles. The lowest BCUT2D eigenvalue weighted by Crippen LogP contribution is -2.59. The first-order chi connectivity index (χ1) is 7.11. The maximum atomic E-state index is 10.7. The van der Waals surface area contributed by atoms with Crippen LogP contribution in [0, 0.1) is 11.3 Å². The first-order valence-electron chi connectivity index (χ1n) is 5.64. The number of ether oxygens (including phenoxy) is 1. The van der Waals surface area contributed by atoms with Crippen LogP contribution in [0.4, 0.5) is 0 Å². The Hall–Kier alpha value is -0.610. The highest BCUT2D eigenvalue weighted by Gasteiger charge is 2.44. The van der Waals surface area contributed by atoms with Crippen LogP contribution in [0.2, 0.25) is 0 Å². The Labute approximate surface area is 90.2 Å². The lowest BCUT2D eigenvalue weighted by atomic mass is 9.73. The van der Waals surface area contributed by atoms with Gasteiger partial charge in [0.1, 0.15) is 0 Å². The van der Waals surface area contributed by atoms with E-state index < -0.39 is 5.97 Å². The van der Waals surface area contributed by atoms with Gasteiger partial charge in [-0.2, -0.15) is 0 Å². The Kier molecular flexibility index (Phi) is 2.98. The summed E-state index contributed by atoms with van der Waals surface area (Å²) in [5, 5.41) is 8.81. The highest BCUT2D eigenvalue weighted by molar-refractivity contribution is 5.69. The van der Waals surface area contributed by atoms with Crippen molar-refractivity contribution in [2.75, 3.05) is 32.8 Å². The average Bonchev–Trinajstić information content (AvgIpc) is 2.16. The highest BCUT2D eigenvalue weighted by Crippen LogP contribution is 2.39. The van der Waals surface area contributed by atoms with E-state index in [1.165, 1.54) is 0 Å². The lowest BCUT2D eigenvalue weighted by molar-refractivity contribution is -0.144. The highest BCUT2D eigenvalue weighted by atomic mass is 16.5. The van der Waals surface area contributed by atoms with Gasteiger partial charge >= 0.3 is 5.97 Å². The average molecular weight is 213 g/mol. The number of hydrogen-bond donors (Lipinski definition) is 1. The first kappa shape index (κ1) is 10.9. The molecule has 1 spiro atoms. The Morgan fingerprint density at radius 2 is 2.07 bits per heavy atom. The number of nitrogens with zero attached hydrogens (tertiary/aromatic N) is 1. The van der Waals surface area contributed by atoms with Crippen molar-refractivity contribution in [2.45, 2.75) is 19.8 Å². The van der Waals surface area contributed by atoms with Crippen molar-refractivity contribution in [1.82, 2.24) is 4.90 Å². The molecule has 0 bridgehead atoms. The quantitative estimate of drug-likeness (QED) is 0.754. The molecule has 0 aromatic rings. The molecule has 15 heavy (non-hydrogen) atoms. The fourth-order valence-electron chi connectivity index (χ4n) is 2.62. The summed E-state index contributed by atoms with van der Waals surface area (Å²) in [4.78, 5) is 12.9. The lowest BCUT2D eigenvalue weighted by Gasteiger charge is -2.52. The summed E-state index contributed by atoms with van der Waals surface area (Å²) in [7, 11) is 0. The minimum Gasteiger partial charge on any atom is -0.481 e. The summed E-state index contributed by atoms with van der Waals surface area (Å²) in [6, 6.07) is 0. The van der Waals surface area contributed by atoms with Crippen LogP contribution in [0.25, 0.3) is 0 Å². The number of rotatable bonds is 3. The molecule has 2 aliphatic heterocycles. The molecule has 0 aromatic carbocycles. The summed E-state index contributed by atoms with van der Waals surface area (Å²) in [5.74, 6) is -0.940. The van der Waals surface area contributed by atoms with Gasteiger partial charge in [-0.15, -0.1) is 0 Å². The number of likely N-dealkylation sites (tertiary alicyclic amines) is 1. The Morgan fingerprint density at radius 3 is 2.60 bits per heavy atom. The summed E-state index contributed by atoms with van der Waals surface area (Å²) in [5.41, 5.74) is 0.455. The first-order valence-corrected chi connectivity index (χ1v) is 5.64. The van der Waals surface area contributed by atoms with Gasteiger partial charge in [0.05, 0.1) is 5.92 Å². The van der Waals surface area contributed by atoms with Gasteiger partial charge in [0, 0.05) is 38.3 Å². The molecule has 2 heterocycles. The van der Waals surface area contributed by atoms with Crippen molar-refractivity contribution in [1.29, 1.82) is 0 Å². The van der Waals surface area contributed by atoms with Crippen LogP contribution in [0.15, 0.2) is 0 Å². The number of aliphatic carboxylic acids is 1. The van der Waals surface area contributed by atoms with Crippen LogP contribution in [0.1, 0.15) is 19.8 Å². The molecule has 0 aliphatic carbocycles. The van der Waals surface area contributed by atoms with E-state index in [4.69, 9.17) is 9.84 Å². The summed E-state index contributed by atoms with van der Waals surface area (Å²) in [6.45, 7) is 6.35. The molecule has 86 valence electrons. The van der Waals surface area contributed by atoms with E-state index >= 15 is 0 Å². The van der Waals surface area contributed by atoms with Crippen LogP contribution in [-0.4, -0.2) is 48.8 Å². The molecule has 1 unspecified atom stereocenters. The van der Waals surface area contributed by atoms with E-state index in [1.807, 2.05) is 0 Å². The predicted molar refractivity (Wildman–Crippen MR) is 55.7 cm³/mol. The van der Waals surface area contributed by atoms with Crippen molar-refractivity contribution >= 4 is 5.97 Å². The zero-order valence-electron chi connectivity index (χ0n) is 9.24. The molecule has 2 rings (SSSR count). The molecule has 0 saturated carbocycles. The molecule has 0 amide bonds. The molecule has 4 heteroatoms. The zero-order valence-corrected chi connectivity index (χ0v) is 9.24. The fourth-order valence-corrected chi connectivity index (χ4v) is 2.62. The number of carboxylic acids is 1. The molecule has 1 atom stereocenters. The van der Waals surface area contributed by atoms with E-state index in [1.54, 1.807) is 6.92 Å². The number of carbonyl (C=O) groups is 1. The Morgan fingerprint density at radius 1 is 1.47 bits per heavy atom. The second-order valence-electron chi connectivity index (χ2n) is 5.02. The molecule has 2 aliphatic rings. The predicted octanol–water partition coefficient (Wildman–Crippen LogP) is 0.820. The molecule has 1 N–H and O–H groups in total. The normalized spacial score (nSPS) is 27.3. The van der Waals surface area contributed by atoms with Crippen molar-refractivity contribution < 1.29 is 14.6 Å². The van der Waals surface area contributed by atoms with Gasteiger partial charge in [0.15, 0.2) is 0 Å². The summed E-state index contributed by atoms with van der Waals surface area (Å²) >= 11 is 0. The second kappa shape index (κ2) is 4.10. The summed E-state index contributed by atoms with van der Waals surface area (Å²) in [6.07, 6.45) is 2.29. The van der Waals surface area contributed by atoms with Gasteiger partial charge in [-0.1, -0.05) is 6.92 Å². The van der Waals surface area contributed by atoms with Crippen molar-refractivity contribution in [3.8, 4) is 0 Å². The van der Waals surface area contributed by atoms with Crippen LogP contribution >= 0.6 is 0 Å². The van der Waals surface area contributed by atoms with E-state index in [2.05, 4.69) is 4.90 Å². The van der Waals surface area contributed by atoms with Crippen LogP contribution in [0.3, 0.4) is 0 Å². The van der Waals surface area contributed by atoms with Crippen LogP contribution < -0.4 is 0 Å². The molecule has 0 radical (unpaired) electrons. The SMILES string of the molecule is CC(CN1CC2(CCOCC2)C1)C(=O)O. The molecule has 0 aromatic heterocycles. The third-order valence-corrected chi connectivity index (χ3v) is 3.63. The minimum absolute atomic E-state index is 0.248. The van der Waals surface area contributed by atoms with Crippen LogP contribution in [-0.2, 0) is 9.53 Å².